The molecule has 0 heterocycles. The molecule has 0 aliphatic rings. The van der Waals surface area contributed by atoms with Crippen LogP contribution in [-0.4, -0.2) is 30.7 Å². The fraction of sp³-hybridized carbons (Fsp3) is 0.929. The molecule has 0 atom stereocenters. The number of hydrogen-bond acceptors (Lipinski definition) is 0. The Morgan fingerprint density at radius 1 is 0.467 bits per heavy atom. The standard InChI is InChI=1S/C28H56N.BrH/c1-5-9-13-16-19-22-26-29(25-12-8-4,27-23-20-17-14-10-6-2)28-24-21-18-15-11-7-3;/h5-7,9-11,13-28H2,1-4H3;1H/q+1;/p-1. The largest absolute Gasteiger partial charge is 1.00 e. The first-order valence-corrected chi connectivity index (χ1v) is 13.5. The zero-order valence-corrected chi connectivity index (χ0v) is 23.0. The first-order valence-electron chi connectivity index (χ1n) is 13.5. The summed E-state index contributed by atoms with van der Waals surface area (Å²) >= 11 is 0. The molecule has 0 amide bonds. The van der Waals surface area contributed by atoms with Gasteiger partial charge in [-0.15, -0.1) is 5.92 Å². The van der Waals surface area contributed by atoms with Gasteiger partial charge in [-0.2, -0.15) is 0 Å². The van der Waals surface area contributed by atoms with Crippen LogP contribution in [0, 0.1) is 11.8 Å². The van der Waals surface area contributed by atoms with E-state index < -0.39 is 0 Å². The molecule has 0 aliphatic heterocycles. The van der Waals surface area contributed by atoms with Crippen molar-refractivity contribution in [1.82, 2.24) is 0 Å². The molecule has 1 nitrogen and oxygen atoms in total. The van der Waals surface area contributed by atoms with E-state index in [1.807, 2.05) is 6.92 Å². The van der Waals surface area contributed by atoms with Gasteiger partial charge in [-0.3, -0.25) is 0 Å². The van der Waals surface area contributed by atoms with E-state index in [-0.39, 0.29) is 17.0 Å². The van der Waals surface area contributed by atoms with Crippen molar-refractivity contribution >= 4 is 0 Å². The molecular weight excluding hydrogens is 430 g/mol. The molecule has 0 rings (SSSR count). The minimum atomic E-state index is 0. The van der Waals surface area contributed by atoms with E-state index in [1.54, 1.807) is 0 Å². The molecule has 0 aromatic heterocycles. The first kappa shape index (κ1) is 32.2. The van der Waals surface area contributed by atoms with E-state index in [4.69, 9.17) is 0 Å². The SMILES string of the molecule is CC#CC[N+](CCCCCCCC)(CCCCCCCC)CCCCCCCC.[Br-]. The summed E-state index contributed by atoms with van der Waals surface area (Å²) in [7, 11) is 0. The fourth-order valence-corrected chi connectivity index (χ4v) is 4.50. The van der Waals surface area contributed by atoms with Gasteiger partial charge in [0.05, 0.1) is 19.6 Å². The van der Waals surface area contributed by atoms with Crippen LogP contribution < -0.4 is 17.0 Å². The monoisotopic (exact) mass is 485 g/mol. The van der Waals surface area contributed by atoms with E-state index in [0.717, 1.165) is 6.54 Å². The van der Waals surface area contributed by atoms with Gasteiger partial charge >= 0.3 is 0 Å². The summed E-state index contributed by atoms with van der Waals surface area (Å²) in [4.78, 5) is 0. The third-order valence-corrected chi connectivity index (χ3v) is 6.55. The maximum atomic E-state index is 3.50. The lowest BCUT2D eigenvalue weighted by atomic mass is 10.1. The van der Waals surface area contributed by atoms with Crippen LogP contribution in [0.3, 0.4) is 0 Å². The van der Waals surface area contributed by atoms with E-state index in [9.17, 15) is 0 Å². The summed E-state index contributed by atoms with van der Waals surface area (Å²) in [6.07, 6.45) is 25.4. The van der Waals surface area contributed by atoms with Gasteiger partial charge in [0.15, 0.2) is 0 Å². The van der Waals surface area contributed by atoms with Gasteiger partial charge in [-0.1, -0.05) is 97.8 Å². The highest BCUT2D eigenvalue weighted by atomic mass is 79.9. The molecule has 0 saturated heterocycles. The smallest absolute Gasteiger partial charge is 0.140 e. The molecule has 0 radical (unpaired) electrons. The Kier molecular flexibility index (Phi) is 27.1. The minimum absolute atomic E-state index is 0. The van der Waals surface area contributed by atoms with Crippen LogP contribution in [-0.2, 0) is 0 Å². The van der Waals surface area contributed by atoms with Crippen LogP contribution in [0.2, 0.25) is 0 Å². The van der Waals surface area contributed by atoms with Crippen molar-refractivity contribution in [1.29, 1.82) is 0 Å². The predicted molar refractivity (Wildman–Crippen MR) is 133 cm³/mol. The topological polar surface area (TPSA) is 0 Å². The molecule has 30 heavy (non-hydrogen) atoms. The lowest BCUT2D eigenvalue weighted by Crippen LogP contribution is -3.00. The van der Waals surface area contributed by atoms with Crippen LogP contribution in [0.5, 0.6) is 0 Å². The number of unbranched alkanes of at least 4 members (excludes halogenated alkanes) is 15. The summed E-state index contributed by atoms with van der Waals surface area (Å²) in [5.41, 5.74) is 0. The second-order valence-corrected chi connectivity index (χ2v) is 9.40. The minimum Gasteiger partial charge on any atom is -1.00 e. The molecule has 0 fully saturated rings. The number of nitrogens with zero attached hydrogens (tertiary/aromatic N) is 1. The first-order chi connectivity index (χ1) is 14.2. The maximum absolute atomic E-state index is 3.50. The average molecular weight is 487 g/mol. The van der Waals surface area contributed by atoms with Gasteiger partial charge in [-0.05, 0) is 51.4 Å². The van der Waals surface area contributed by atoms with E-state index in [1.165, 1.54) is 140 Å². The molecule has 0 aromatic rings. The molecule has 0 unspecified atom stereocenters. The molecule has 0 aliphatic carbocycles. The van der Waals surface area contributed by atoms with Crippen molar-refractivity contribution in [2.24, 2.45) is 0 Å². The molecule has 0 bridgehead atoms. The van der Waals surface area contributed by atoms with Crippen molar-refractivity contribution < 1.29 is 21.5 Å². The number of rotatable bonds is 22. The lowest BCUT2D eigenvalue weighted by molar-refractivity contribution is -0.922. The van der Waals surface area contributed by atoms with Crippen molar-refractivity contribution in [3.8, 4) is 11.8 Å². The molecule has 0 aromatic carbocycles. The Bertz CT molecular complexity index is 341. The summed E-state index contributed by atoms with van der Waals surface area (Å²) < 4.78 is 1.29. The molecule has 2 heteroatoms. The highest BCUT2D eigenvalue weighted by Crippen LogP contribution is 2.18. The second-order valence-electron chi connectivity index (χ2n) is 9.40. The number of hydrogen-bond donors (Lipinski definition) is 0. The molecule has 0 N–H and O–H groups in total. The molecule has 0 saturated carbocycles. The van der Waals surface area contributed by atoms with E-state index in [2.05, 4.69) is 32.6 Å². The summed E-state index contributed by atoms with van der Waals surface area (Å²) in [5, 5.41) is 0. The van der Waals surface area contributed by atoms with Crippen LogP contribution in [0.25, 0.3) is 0 Å². The zero-order chi connectivity index (χ0) is 21.5. The highest BCUT2D eigenvalue weighted by Gasteiger charge is 2.25. The normalized spacial score (nSPS) is 11.1. The zero-order valence-electron chi connectivity index (χ0n) is 21.4. The average Bonchev–Trinajstić information content (AvgIpc) is 2.74. The van der Waals surface area contributed by atoms with Crippen LogP contribution in [0.15, 0.2) is 0 Å². The fourth-order valence-electron chi connectivity index (χ4n) is 4.50. The number of halogens is 1. The van der Waals surface area contributed by atoms with Crippen molar-refractivity contribution in [2.75, 3.05) is 26.2 Å². The number of quaternary nitrogens is 1. The Hall–Kier alpha value is 0. The summed E-state index contributed by atoms with van der Waals surface area (Å²) in [6.45, 7) is 14.1. The molecule has 180 valence electrons. The highest BCUT2D eigenvalue weighted by molar-refractivity contribution is 4.95. The molecular formula is C28H56BrN. The van der Waals surface area contributed by atoms with Crippen LogP contribution in [0.1, 0.15) is 143 Å². The van der Waals surface area contributed by atoms with Gasteiger partial charge in [0.2, 0.25) is 0 Å². The third-order valence-electron chi connectivity index (χ3n) is 6.55. The Morgan fingerprint density at radius 3 is 1.07 bits per heavy atom. The van der Waals surface area contributed by atoms with Gasteiger partial charge < -0.3 is 21.5 Å². The van der Waals surface area contributed by atoms with Crippen molar-refractivity contribution in [3.05, 3.63) is 0 Å². The summed E-state index contributed by atoms with van der Waals surface area (Å²) in [5.74, 6) is 6.71. The van der Waals surface area contributed by atoms with Crippen molar-refractivity contribution in [2.45, 2.75) is 143 Å². The van der Waals surface area contributed by atoms with Gasteiger partial charge in [0.25, 0.3) is 0 Å². The van der Waals surface area contributed by atoms with Gasteiger partial charge in [0, 0.05) is 0 Å². The third kappa shape index (κ3) is 19.9. The Morgan fingerprint density at radius 2 is 0.767 bits per heavy atom. The maximum Gasteiger partial charge on any atom is 0.140 e. The van der Waals surface area contributed by atoms with Gasteiger partial charge in [-0.25, -0.2) is 0 Å². The van der Waals surface area contributed by atoms with E-state index in [0.29, 0.717) is 0 Å². The quantitative estimate of drug-likeness (QED) is 0.101. The van der Waals surface area contributed by atoms with E-state index >= 15 is 0 Å². The Labute approximate surface area is 202 Å². The van der Waals surface area contributed by atoms with Crippen LogP contribution >= 0.6 is 0 Å². The van der Waals surface area contributed by atoms with Crippen LogP contribution in [0.4, 0.5) is 0 Å². The van der Waals surface area contributed by atoms with Gasteiger partial charge in [0.1, 0.15) is 6.54 Å². The lowest BCUT2D eigenvalue weighted by Gasteiger charge is -2.38. The predicted octanol–water partition coefficient (Wildman–Crippen LogP) is 5.91. The molecule has 0 spiro atoms. The van der Waals surface area contributed by atoms with Crippen molar-refractivity contribution in [3.63, 3.8) is 0 Å². The second kappa shape index (κ2) is 25.3. The Balaban J connectivity index is 0. The summed E-state index contributed by atoms with van der Waals surface area (Å²) in [6, 6.07) is 0.